The Bertz CT molecular complexity index is 571. The zero-order valence-electron chi connectivity index (χ0n) is 13.1. The molecule has 0 saturated carbocycles. The Morgan fingerprint density at radius 2 is 1.85 bits per heavy atom. The molecule has 106 valence electrons. The Kier molecular flexibility index (Phi) is 4.12. The van der Waals surface area contributed by atoms with E-state index in [1.807, 2.05) is 6.21 Å². The van der Waals surface area contributed by atoms with Crippen molar-refractivity contribution in [2.45, 2.75) is 46.1 Å². The van der Waals surface area contributed by atoms with Crippen molar-refractivity contribution >= 4 is 6.21 Å². The smallest absolute Gasteiger partial charge is 0.0543 e. The molecule has 2 rings (SSSR count). The zero-order chi connectivity index (χ0) is 14.8. The maximum absolute atomic E-state index is 4.37. The molecule has 1 atom stereocenters. The molecule has 0 amide bonds. The van der Waals surface area contributed by atoms with E-state index in [2.05, 4.69) is 81.6 Å². The summed E-state index contributed by atoms with van der Waals surface area (Å²) >= 11 is 0. The van der Waals surface area contributed by atoms with Gasteiger partial charge in [-0.2, -0.15) is 5.10 Å². The summed E-state index contributed by atoms with van der Waals surface area (Å²) < 4.78 is 0. The largest absolute Gasteiger partial charge is 0.305 e. The number of benzene rings is 1. The second-order valence-electron chi connectivity index (χ2n) is 6.45. The van der Waals surface area contributed by atoms with Crippen molar-refractivity contribution in [1.29, 1.82) is 0 Å². The highest BCUT2D eigenvalue weighted by atomic mass is 15.3. The van der Waals surface area contributed by atoms with Crippen LogP contribution in [0.25, 0.3) is 0 Å². The number of hydrazone groups is 1. The second-order valence-corrected chi connectivity index (χ2v) is 6.45. The van der Waals surface area contributed by atoms with E-state index < -0.39 is 0 Å². The predicted octanol–water partition coefficient (Wildman–Crippen LogP) is 4.40. The molecule has 1 aliphatic rings. The molecule has 0 bridgehead atoms. The average Bonchev–Trinajstić information content (AvgIpc) is 2.69. The summed E-state index contributed by atoms with van der Waals surface area (Å²) in [5.41, 5.74) is 8.43. The van der Waals surface area contributed by atoms with Crippen molar-refractivity contribution in [1.82, 2.24) is 5.43 Å². The van der Waals surface area contributed by atoms with Crippen molar-refractivity contribution in [3.8, 4) is 0 Å². The van der Waals surface area contributed by atoms with Crippen molar-refractivity contribution in [3.63, 3.8) is 0 Å². The number of nitrogens with zero attached hydrogens (tertiary/aromatic N) is 1. The van der Waals surface area contributed by atoms with E-state index in [1.165, 1.54) is 22.3 Å². The van der Waals surface area contributed by atoms with Crippen molar-refractivity contribution in [2.75, 3.05) is 0 Å². The number of hydrogen-bond donors (Lipinski definition) is 1. The zero-order valence-corrected chi connectivity index (χ0v) is 13.1. The van der Waals surface area contributed by atoms with E-state index in [0.717, 1.165) is 0 Å². The molecule has 1 aromatic carbocycles. The number of nitrogens with one attached hydrogen (secondary N) is 1. The Morgan fingerprint density at radius 1 is 1.15 bits per heavy atom. The first-order valence-corrected chi connectivity index (χ1v) is 7.13. The van der Waals surface area contributed by atoms with E-state index in [4.69, 9.17) is 0 Å². The van der Waals surface area contributed by atoms with E-state index in [1.54, 1.807) is 0 Å². The van der Waals surface area contributed by atoms with Gasteiger partial charge in [0, 0.05) is 11.5 Å². The number of allylic oxidation sites excluding steroid dienone is 4. The molecule has 0 aromatic heterocycles. The van der Waals surface area contributed by atoms with Gasteiger partial charge in [-0.15, -0.1) is 0 Å². The van der Waals surface area contributed by atoms with E-state index >= 15 is 0 Å². The molecule has 1 aliphatic carbocycles. The first-order chi connectivity index (χ1) is 9.38. The Balaban J connectivity index is 2.26. The molecule has 1 N–H and O–H groups in total. The number of rotatable bonds is 3. The molecular formula is C18H24N2. The molecule has 0 aliphatic heterocycles. The van der Waals surface area contributed by atoms with Gasteiger partial charge >= 0.3 is 0 Å². The van der Waals surface area contributed by atoms with Crippen LogP contribution in [0.3, 0.4) is 0 Å². The lowest BCUT2D eigenvalue weighted by Gasteiger charge is -2.18. The normalized spacial score (nSPS) is 19.1. The maximum Gasteiger partial charge on any atom is 0.0543 e. The summed E-state index contributed by atoms with van der Waals surface area (Å²) in [6.07, 6.45) is 6.41. The van der Waals surface area contributed by atoms with Crippen LogP contribution in [0.4, 0.5) is 0 Å². The minimum absolute atomic E-state index is 0.00882. The molecule has 0 radical (unpaired) electrons. The van der Waals surface area contributed by atoms with Gasteiger partial charge in [0.1, 0.15) is 0 Å². The maximum atomic E-state index is 4.37. The van der Waals surface area contributed by atoms with E-state index in [9.17, 15) is 0 Å². The monoisotopic (exact) mass is 268 g/mol. The molecule has 2 heteroatoms. The summed E-state index contributed by atoms with van der Waals surface area (Å²) in [6.45, 7) is 10.7. The Hall–Kier alpha value is -1.83. The van der Waals surface area contributed by atoms with Crippen LogP contribution < -0.4 is 5.43 Å². The highest BCUT2D eigenvalue weighted by Crippen LogP contribution is 2.34. The Labute approximate surface area is 122 Å². The quantitative estimate of drug-likeness (QED) is 0.638. The minimum Gasteiger partial charge on any atom is -0.305 e. The molecule has 1 aromatic rings. The van der Waals surface area contributed by atoms with E-state index in [0.29, 0.717) is 5.92 Å². The average molecular weight is 268 g/mol. The fraction of sp³-hybridized carbons (Fsp3) is 0.389. The van der Waals surface area contributed by atoms with Gasteiger partial charge in [0.25, 0.3) is 0 Å². The first-order valence-electron chi connectivity index (χ1n) is 7.13. The van der Waals surface area contributed by atoms with Gasteiger partial charge in [0.2, 0.25) is 0 Å². The standard InChI is InChI=1S/C18H24N2/c1-13-10-11-16(14(13)2)17-9-7-6-8-15(17)12-19-20-18(3,4)5/h6-12,16,20H,1-5H3. The van der Waals surface area contributed by atoms with Crippen molar-refractivity contribution in [3.05, 3.63) is 58.7 Å². The van der Waals surface area contributed by atoms with Crippen molar-refractivity contribution in [2.24, 2.45) is 5.10 Å². The van der Waals surface area contributed by atoms with Gasteiger partial charge in [0.15, 0.2) is 0 Å². The molecule has 2 nitrogen and oxygen atoms in total. The van der Waals surface area contributed by atoms with Crippen LogP contribution in [0.2, 0.25) is 0 Å². The Morgan fingerprint density at radius 3 is 2.45 bits per heavy atom. The van der Waals surface area contributed by atoms with Gasteiger partial charge in [0.05, 0.1) is 6.21 Å². The summed E-state index contributed by atoms with van der Waals surface area (Å²) in [7, 11) is 0. The first kappa shape index (κ1) is 14.6. The van der Waals surface area contributed by atoms with Crippen molar-refractivity contribution < 1.29 is 0 Å². The lowest BCUT2D eigenvalue weighted by Crippen LogP contribution is -2.31. The summed E-state index contributed by atoms with van der Waals surface area (Å²) in [4.78, 5) is 0. The molecule has 0 spiro atoms. The molecule has 20 heavy (non-hydrogen) atoms. The fourth-order valence-electron chi connectivity index (χ4n) is 2.31. The van der Waals surface area contributed by atoms with Crippen LogP contribution >= 0.6 is 0 Å². The topological polar surface area (TPSA) is 24.4 Å². The fourth-order valence-corrected chi connectivity index (χ4v) is 2.31. The third kappa shape index (κ3) is 3.38. The number of hydrogen-bond acceptors (Lipinski definition) is 2. The van der Waals surface area contributed by atoms with Crippen LogP contribution in [0.1, 0.15) is 51.7 Å². The minimum atomic E-state index is -0.00882. The highest BCUT2D eigenvalue weighted by molar-refractivity contribution is 5.82. The third-order valence-electron chi connectivity index (χ3n) is 3.56. The summed E-state index contributed by atoms with van der Waals surface area (Å²) in [5, 5.41) is 4.37. The van der Waals surface area contributed by atoms with Crippen LogP contribution in [0.5, 0.6) is 0 Å². The van der Waals surface area contributed by atoms with Gasteiger partial charge in [-0.05, 0) is 45.7 Å². The highest BCUT2D eigenvalue weighted by Gasteiger charge is 2.18. The van der Waals surface area contributed by atoms with Crippen LogP contribution in [0, 0.1) is 0 Å². The summed E-state index contributed by atoms with van der Waals surface area (Å²) in [6, 6.07) is 8.47. The molecule has 0 fully saturated rings. The van der Waals surface area contributed by atoms with Gasteiger partial charge in [-0.3, -0.25) is 0 Å². The summed E-state index contributed by atoms with van der Waals surface area (Å²) in [5.74, 6) is 0.382. The van der Waals surface area contributed by atoms with Crippen LogP contribution in [-0.2, 0) is 0 Å². The second kappa shape index (κ2) is 5.66. The molecule has 0 saturated heterocycles. The molecule has 1 unspecified atom stereocenters. The molecule has 0 heterocycles. The lowest BCUT2D eigenvalue weighted by atomic mass is 9.90. The van der Waals surface area contributed by atoms with E-state index in [-0.39, 0.29) is 5.54 Å². The lowest BCUT2D eigenvalue weighted by molar-refractivity contribution is 0.442. The predicted molar refractivity (Wildman–Crippen MR) is 87.2 cm³/mol. The van der Waals surface area contributed by atoms with Crippen LogP contribution in [0.15, 0.2) is 52.7 Å². The third-order valence-corrected chi connectivity index (χ3v) is 3.56. The molecular weight excluding hydrogens is 244 g/mol. The van der Waals surface area contributed by atoms with Crippen LogP contribution in [-0.4, -0.2) is 11.8 Å². The van der Waals surface area contributed by atoms with Gasteiger partial charge in [-0.1, -0.05) is 47.6 Å². The SMILES string of the molecule is CC1=C(C)C(c2ccccc2C=NNC(C)(C)C)C=C1. The van der Waals surface area contributed by atoms with Gasteiger partial charge < -0.3 is 5.43 Å². The van der Waals surface area contributed by atoms with Gasteiger partial charge in [-0.25, -0.2) is 0 Å².